The maximum atomic E-state index is 6.20. The fourth-order valence-corrected chi connectivity index (χ4v) is 2.28. The third-order valence-electron chi connectivity index (χ3n) is 3.57. The highest BCUT2D eigenvalue weighted by Gasteiger charge is 2.11. The van der Waals surface area contributed by atoms with E-state index in [9.17, 15) is 0 Å². The van der Waals surface area contributed by atoms with Gasteiger partial charge >= 0.3 is 0 Å². The summed E-state index contributed by atoms with van der Waals surface area (Å²) < 4.78 is 11.3. The molecule has 0 amide bonds. The Hall–Kier alpha value is -1.75. The van der Waals surface area contributed by atoms with Gasteiger partial charge in [-0.2, -0.15) is 0 Å². The van der Waals surface area contributed by atoms with Crippen molar-refractivity contribution in [3.05, 3.63) is 59.7 Å². The van der Waals surface area contributed by atoms with Crippen LogP contribution in [0.4, 0.5) is 0 Å². The van der Waals surface area contributed by atoms with Crippen LogP contribution < -0.4 is 20.9 Å². The number of hydrogen-bond donors (Lipinski definition) is 2. The van der Waals surface area contributed by atoms with Gasteiger partial charge in [-0.25, -0.2) is 0 Å². The Morgan fingerprint density at radius 2 is 1.78 bits per heavy atom. The van der Waals surface area contributed by atoms with Crippen LogP contribution in [-0.2, 0) is 6.61 Å². The molecule has 0 heterocycles. The molecule has 0 aliphatic carbocycles. The molecule has 23 heavy (non-hydrogen) atoms. The molecule has 1 atom stereocenters. The van der Waals surface area contributed by atoms with Gasteiger partial charge in [0.25, 0.3) is 0 Å². The van der Waals surface area contributed by atoms with Crippen molar-refractivity contribution in [2.24, 2.45) is 11.5 Å². The summed E-state index contributed by atoms with van der Waals surface area (Å²) in [6.07, 6.45) is 1.77. The Bertz CT molecular complexity index is 578. The summed E-state index contributed by atoms with van der Waals surface area (Å²) in [5.41, 5.74) is 13.9. The summed E-state index contributed by atoms with van der Waals surface area (Å²) in [6, 6.07) is 15.8. The fourth-order valence-electron chi connectivity index (χ4n) is 2.28. The predicted molar refractivity (Wildman–Crippen MR) is 96.2 cm³/mol. The van der Waals surface area contributed by atoms with E-state index in [1.807, 2.05) is 48.5 Å². The summed E-state index contributed by atoms with van der Waals surface area (Å²) in [7, 11) is 1.64. The van der Waals surface area contributed by atoms with Crippen LogP contribution in [0.3, 0.4) is 0 Å². The first kappa shape index (κ1) is 19.3. The molecule has 2 aromatic rings. The van der Waals surface area contributed by atoms with Gasteiger partial charge in [-0.3, -0.25) is 0 Å². The third kappa shape index (κ3) is 5.75. The van der Waals surface area contributed by atoms with Crippen molar-refractivity contribution in [1.82, 2.24) is 0 Å². The third-order valence-corrected chi connectivity index (χ3v) is 3.57. The Balaban J connectivity index is 0.00000264. The van der Waals surface area contributed by atoms with Crippen LogP contribution in [0.5, 0.6) is 11.5 Å². The molecule has 0 saturated heterocycles. The van der Waals surface area contributed by atoms with Gasteiger partial charge in [0.15, 0.2) is 11.5 Å². The Morgan fingerprint density at radius 3 is 2.43 bits per heavy atom. The highest BCUT2D eigenvalue weighted by Crippen LogP contribution is 2.31. The van der Waals surface area contributed by atoms with E-state index >= 15 is 0 Å². The number of ether oxygens (including phenoxy) is 2. The number of rotatable bonds is 8. The number of benzene rings is 2. The summed E-state index contributed by atoms with van der Waals surface area (Å²) in [6.45, 7) is 1.15. The SMILES string of the molecule is COc1ccc([C@@H](N)CCCN)cc1OCc1ccccc1.Cl. The van der Waals surface area contributed by atoms with Crippen molar-refractivity contribution in [3.63, 3.8) is 0 Å². The van der Waals surface area contributed by atoms with Gasteiger partial charge in [-0.1, -0.05) is 36.4 Å². The molecule has 0 radical (unpaired) electrons. The number of methoxy groups -OCH3 is 1. The maximum absolute atomic E-state index is 6.20. The first-order valence-electron chi connectivity index (χ1n) is 7.55. The van der Waals surface area contributed by atoms with Crippen LogP contribution in [-0.4, -0.2) is 13.7 Å². The van der Waals surface area contributed by atoms with E-state index < -0.39 is 0 Å². The Labute approximate surface area is 144 Å². The lowest BCUT2D eigenvalue weighted by Crippen LogP contribution is -2.12. The van der Waals surface area contributed by atoms with Crippen LogP contribution in [0, 0.1) is 0 Å². The second-order valence-corrected chi connectivity index (χ2v) is 5.22. The number of halogens is 1. The highest BCUT2D eigenvalue weighted by molar-refractivity contribution is 5.85. The largest absolute Gasteiger partial charge is 0.493 e. The van der Waals surface area contributed by atoms with Crippen molar-refractivity contribution in [3.8, 4) is 11.5 Å². The zero-order valence-corrected chi connectivity index (χ0v) is 14.2. The molecular weight excluding hydrogens is 312 g/mol. The van der Waals surface area contributed by atoms with Gasteiger partial charge in [-0.15, -0.1) is 12.4 Å². The molecule has 2 rings (SSSR count). The van der Waals surface area contributed by atoms with Gasteiger partial charge < -0.3 is 20.9 Å². The minimum atomic E-state index is -0.0338. The van der Waals surface area contributed by atoms with Crippen molar-refractivity contribution in [2.45, 2.75) is 25.5 Å². The molecule has 0 unspecified atom stereocenters. The van der Waals surface area contributed by atoms with E-state index in [1.54, 1.807) is 7.11 Å². The second kappa shape index (κ2) is 10.1. The minimum Gasteiger partial charge on any atom is -0.493 e. The monoisotopic (exact) mass is 336 g/mol. The van der Waals surface area contributed by atoms with E-state index in [1.165, 1.54) is 0 Å². The summed E-state index contributed by atoms with van der Waals surface area (Å²) >= 11 is 0. The van der Waals surface area contributed by atoms with E-state index in [0.717, 1.165) is 24.0 Å². The lowest BCUT2D eigenvalue weighted by Gasteiger charge is -2.16. The molecule has 5 heteroatoms. The molecule has 4 nitrogen and oxygen atoms in total. The number of nitrogens with two attached hydrogens (primary N) is 2. The van der Waals surface area contributed by atoms with Crippen LogP contribution in [0.15, 0.2) is 48.5 Å². The lowest BCUT2D eigenvalue weighted by atomic mass is 10.0. The normalized spacial score (nSPS) is 11.4. The molecule has 0 aliphatic heterocycles. The molecule has 0 aliphatic rings. The standard InChI is InChI=1S/C18H24N2O2.ClH/c1-21-17-10-9-15(16(20)8-5-11-19)12-18(17)22-13-14-6-3-2-4-7-14;/h2-4,6-7,9-10,12,16H,5,8,11,13,19-20H2,1H3;1H/t16-;/m0./s1. The van der Waals surface area contributed by atoms with Crippen molar-refractivity contribution in [1.29, 1.82) is 0 Å². The maximum Gasteiger partial charge on any atom is 0.161 e. The van der Waals surface area contributed by atoms with Crippen molar-refractivity contribution < 1.29 is 9.47 Å². The first-order chi connectivity index (χ1) is 10.7. The number of hydrogen-bond acceptors (Lipinski definition) is 4. The van der Waals surface area contributed by atoms with Gasteiger partial charge in [0, 0.05) is 6.04 Å². The quantitative estimate of drug-likeness (QED) is 0.774. The molecule has 126 valence electrons. The fraction of sp³-hybridized carbons (Fsp3) is 0.333. The predicted octanol–water partition coefficient (Wildman–Crippen LogP) is 3.43. The zero-order chi connectivity index (χ0) is 15.8. The topological polar surface area (TPSA) is 70.5 Å². The van der Waals surface area contributed by atoms with Gasteiger partial charge in [0.05, 0.1) is 7.11 Å². The van der Waals surface area contributed by atoms with Crippen LogP contribution in [0.2, 0.25) is 0 Å². The van der Waals surface area contributed by atoms with Gasteiger partial charge in [0.2, 0.25) is 0 Å². The van der Waals surface area contributed by atoms with E-state index in [-0.39, 0.29) is 18.4 Å². The van der Waals surface area contributed by atoms with E-state index in [4.69, 9.17) is 20.9 Å². The van der Waals surface area contributed by atoms with Crippen molar-refractivity contribution in [2.75, 3.05) is 13.7 Å². The van der Waals surface area contributed by atoms with Crippen LogP contribution >= 0.6 is 12.4 Å². The van der Waals surface area contributed by atoms with E-state index in [2.05, 4.69) is 0 Å². The smallest absolute Gasteiger partial charge is 0.161 e. The van der Waals surface area contributed by atoms with Crippen LogP contribution in [0.25, 0.3) is 0 Å². The molecule has 0 aromatic heterocycles. The zero-order valence-electron chi connectivity index (χ0n) is 13.4. The van der Waals surface area contributed by atoms with Gasteiger partial charge in [0.1, 0.15) is 6.61 Å². The molecule has 0 saturated carbocycles. The second-order valence-electron chi connectivity index (χ2n) is 5.22. The lowest BCUT2D eigenvalue weighted by molar-refractivity contribution is 0.284. The molecular formula is C18H25ClN2O2. The molecule has 0 bridgehead atoms. The average Bonchev–Trinajstić information content (AvgIpc) is 2.58. The summed E-state index contributed by atoms with van der Waals surface area (Å²) in [4.78, 5) is 0. The molecule has 0 fully saturated rings. The first-order valence-corrected chi connectivity index (χ1v) is 7.55. The minimum absolute atomic E-state index is 0. The molecule has 2 aromatic carbocycles. The summed E-state index contributed by atoms with van der Waals surface area (Å²) in [5, 5.41) is 0. The Morgan fingerprint density at radius 1 is 1.04 bits per heavy atom. The molecule has 0 spiro atoms. The van der Waals surface area contributed by atoms with Gasteiger partial charge in [-0.05, 0) is 42.6 Å². The summed E-state index contributed by atoms with van der Waals surface area (Å²) in [5.74, 6) is 1.43. The van der Waals surface area contributed by atoms with E-state index in [0.29, 0.717) is 24.7 Å². The average molecular weight is 337 g/mol. The Kier molecular flexibility index (Phi) is 8.48. The van der Waals surface area contributed by atoms with Crippen LogP contribution in [0.1, 0.15) is 30.0 Å². The van der Waals surface area contributed by atoms with Crippen molar-refractivity contribution >= 4 is 12.4 Å². The molecule has 4 N–H and O–H groups in total. The highest BCUT2D eigenvalue weighted by atomic mass is 35.5.